The molecule has 2 aromatic rings. The molecule has 2 N–H and O–H groups in total. The standard InChI is InChI=1S/C17H22FN3/c1-17(10-6-3-7-11-17)15-14(16(19)21(2)20-15)12-8-4-5-9-13(12)18/h4-5,8-9H,3,6-7,10-11,19H2,1-2H3. The van der Waals surface area contributed by atoms with Gasteiger partial charge in [-0.1, -0.05) is 44.4 Å². The van der Waals surface area contributed by atoms with E-state index in [1.165, 1.54) is 25.3 Å². The minimum atomic E-state index is -0.238. The van der Waals surface area contributed by atoms with E-state index in [2.05, 4.69) is 12.0 Å². The third kappa shape index (κ3) is 2.33. The number of hydrogen-bond acceptors (Lipinski definition) is 2. The van der Waals surface area contributed by atoms with Gasteiger partial charge in [0.25, 0.3) is 0 Å². The maximum atomic E-state index is 14.2. The topological polar surface area (TPSA) is 43.8 Å². The van der Waals surface area contributed by atoms with Gasteiger partial charge in [-0.3, -0.25) is 4.68 Å². The number of rotatable bonds is 2. The van der Waals surface area contributed by atoms with Crippen molar-refractivity contribution >= 4 is 5.82 Å². The zero-order valence-electron chi connectivity index (χ0n) is 12.7. The Labute approximate surface area is 125 Å². The van der Waals surface area contributed by atoms with Crippen LogP contribution in [0.5, 0.6) is 0 Å². The van der Waals surface area contributed by atoms with Crippen molar-refractivity contribution in [3.8, 4) is 11.1 Å². The molecule has 0 amide bonds. The molecule has 1 aliphatic rings. The molecule has 0 spiro atoms. The maximum Gasteiger partial charge on any atom is 0.131 e. The molecule has 0 unspecified atom stereocenters. The first-order chi connectivity index (χ1) is 10.0. The van der Waals surface area contributed by atoms with Gasteiger partial charge in [-0.25, -0.2) is 4.39 Å². The van der Waals surface area contributed by atoms with Crippen molar-refractivity contribution in [3.05, 3.63) is 35.8 Å². The van der Waals surface area contributed by atoms with Crippen molar-refractivity contribution in [3.63, 3.8) is 0 Å². The predicted molar refractivity (Wildman–Crippen MR) is 83.5 cm³/mol. The summed E-state index contributed by atoms with van der Waals surface area (Å²) in [6.45, 7) is 2.23. The van der Waals surface area contributed by atoms with E-state index in [1.807, 2.05) is 13.1 Å². The summed E-state index contributed by atoms with van der Waals surface area (Å²) < 4.78 is 15.9. The molecule has 3 rings (SSSR count). The lowest BCUT2D eigenvalue weighted by Crippen LogP contribution is -2.26. The molecule has 0 radical (unpaired) electrons. The smallest absolute Gasteiger partial charge is 0.131 e. The summed E-state index contributed by atoms with van der Waals surface area (Å²) in [6.07, 6.45) is 5.84. The number of nitrogens with two attached hydrogens (primary N) is 1. The van der Waals surface area contributed by atoms with E-state index in [4.69, 9.17) is 5.73 Å². The zero-order chi connectivity index (χ0) is 15.0. The van der Waals surface area contributed by atoms with Crippen molar-refractivity contribution in [2.75, 3.05) is 5.73 Å². The molecule has 0 atom stereocenters. The molecule has 21 heavy (non-hydrogen) atoms. The van der Waals surface area contributed by atoms with Gasteiger partial charge in [0.05, 0.1) is 11.3 Å². The molecular formula is C17H22FN3. The van der Waals surface area contributed by atoms with Gasteiger partial charge in [0, 0.05) is 18.0 Å². The summed E-state index contributed by atoms with van der Waals surface area (Å²) in [5.74, 6) is 0.305. The fourth-order valence-corrected chi connectivity index (χ4v) is 3.46. The predicted octanol–water partition coefficient (Wildman–Crippen LogP) is 4.03. The van der Waals surface area contributed by atoms with Crippen molar-refractivity contribution in [1.82, 2.24) is 9.78 Å². The number of hydrogen-bond donors (Lipinski definition) is 1. The molecule has 0 saturated heterocycles. The Morgan fingerprint density at radius 3 is 2.52 bits per heavy atom. The van der Waals surface area contributed by atoms with Crippen LogP contribution in [-0.2, 0) is 12.5 Å². The van der Waals surface area contributed by atoms with Crippen LogP contribution >= 0.6 is 0 Å². The Bertz CT molecular complexity index is 654. The number of aromatic nitrogens is 2. The van der Waals surface area contributed by atoms with Gasteiger partial charge in [0.2, 0.25) is 0 Å². The third-order valence-corrected chi connectivity index (χ3v) is 4.76. The van der Waals surface area contributed by atoms with E-state index in [0.717, 1.165) is 24.1 Å². The van der Waals surface area contributed by atoms with E-state index in [-0.39, 0.29) is 11.2 Å². The lowest BCUT2D eigenvalue weighted by atomic mass is 9.72. The highest BCUT2D eigenvalue weighted by Crippen LogP contribution is 2.44. The molecule has 0 aliphatic heterocycles. The Kier molecular flexibility index (Phi) is 3.47. The molecule has 112 valence electrons. The molecule has 4 heteroatoms. The molecule has 1 fully saturated rings. The van der Waals surface area contributed by atoms with Gasteiger partial charge in [-0.15, -0.1) is 0 Å². The Morgan fingerprint density at radius 1 is 1.19 bits per heavy atom. The van der Waals surface area contributed by atoms with Crippen LogP contribution in [0.15, 0.2) is 24.3 Å². The normalized spacial score (nSPS) is 17.9. The Hall–Kier alpha value is -1.84. The van der Waals surface area contributed by atoms with Gasteiger partial charge in [-0.05, 0) is 18.9 Å². The maximum absolute atomic E-state index is 14.2. The van der Waals surface area contributed by atoms with Crippen molar-refractivity contribution < 1.29 is 4.39 Å². The van der Waals surface area contributed by atoms with E-state index in [9.17, 15) is 4.39 Å². The fraction of sp³-hybridized carbons (Fsp3) is 0.471. The monoisotopic (exact) mass is 287 g/mol. The molecule has 1 aromatic carbocycles. The van der Waals surface area contributed by atoms with Gasteiger partial charge in [-0.2, -0.15) is 5.10 Å². The first kappa shape index (κ1) is 14.1. The quantitative estimate of drug-likeness (QED) is 0.906. The van der Waals surface area contributed by atoms with Gasteiger partial charge in [0.1, 0.15) is 11.6 Å². The number of halogens is 1. The van der Waals surface area contributed by atoms with Crippen LogP contribution in [0.4, 0.5) is 10.2 Å². The first-order valence-electron chi connectivity index (χ1n) is 7.61. The van der Waals surface area contributed by atoms with Crippen molar-refractivity contribution in [2.24, 2.45) is 7.05 Å². The summed E-state index contributed by atoms with van der Waals surface area (Å²) in [7, 11) is 1.83. The van der Waals surface area contributed by atoms with Gasteiger partial charge < -0.3 is 5.73 Å². The van der Waals surface area contributed by atoms with Crippen LogP contribution in [0.25, 0.3) is 11.1 Å². The second-order valence-corrected chi connectivity index (χ2v) is 6.33. The molecular weight excluding hydrogens is 265 g/mol. The number of nitrogen functional groups attached to an aromatic ring is 1. The minimum absolute atomic E-state index is 0.00869. The molecule has 0 bridgehead atoms. The molecule has 1 aliphatic carbocycles. The van der Waals surface area contributed by atoms with Crippen LogP contribution in [0.3, 0.4) is 0 Å². The highest BCUT2D eigenvalue weighted by Gasteiger charge is 2.35. The van der Waals surface area contributed by atoms with E-state index >= 15 is 0 Å². The lowest BCUT2D eigenvalue weighted by molar-refractivity contribution is 0.311. The summed E-state index contributed by atoms with van der Waals surface area (Å²) in [6, 6.07) is 6.82. The third-order valence-electron chi connectivity index (χ3n) is 4.76. The van der Waals surface area contributed by atoms with Crippen molar-refractivity contribution in [2.45, 2.75) is 44.4 Å². The van der Waals surface area contributed by atoms with E-state index in [1.54, 1.807) is 16.8 Å². The van der Waals surface area contributed by atoms with Crippen LogP contribution in [-0.4, -0.2) is 9.78 Å². The average Bonchev–Trinajstić information content (AvgIpc) is 2.77. The second-order valence-electron chi connectivity index (χ2n) is 6.33. The molecule has 3 nitrogen and oxygen atoms in total. The van der Waals surface area contributed by atoms with Crippen LogP contribution in [0, 0.1) is 5.82 Å². The number of nitrogens with zero attached hydrogens (tertiary/aromatic N) is 2. The summed E-state index contributed by atoms with van der Waals surface area (Å²) in [5, 5.41) is 4.65. The summed E-state index contributed by atoms with van der Waals surface area (Å²) >= 11 is 0. The van der Waals surface area contributed by atoms with Crippen LogP contribution in [0.2, 0.25) is 0 Å². The van der Waals surface area contributed by atoms with Gasteiger partial charge >= 0.3 is 0 Å². The summed E-state index contributed by atoms with van der Waals surface area (Å²) in [4.78, 5) is 0. The number of anilines is 1. The lowest BCUT2D eigenvalue weighted by Gasteiger charge is -2.33. The SMILES string of the molecule is Cn1nc(C2(C)CCCCC2)c(-c2ccccc2F)c1N. The average molecular weight is 287 g/mol. The van der Waals surface area contributed by atoms with Gasteiger partial charge in [0.15, 0.2) is 0 Å². The second kappa shape index (κ2) is 5.17. The first-order valence-corrected chi connectivity index (χ1v) is 7.61. The number of benzene rings is 1. The largest absolute Gasteiger partial charge is 0.383 e. The summed E-state index contributed by atoms with van der Waals surface area (Å²) in [5.41, 5.74) is 8.48. The van der Waals surface area contributed by atoms with E-state index < -0.39 is 0 Å². The highest BCUT2D eigenvalue weighted by molar-refractivity contribution is 5.78. The minimum Gasteiger partial charge on any atom is -0.383 e. The van der Waals surface area contributed by atoms with E-state index in [0.29, 0.717) is 11.4 Å². The van der Waals surface area contributed by atoms with Crippen LogP contribution in [0.1, 0.15) is 44.7 Å². The van der Waals surface area contributed by atoms with Crippen LogP contribution < -0.4 is 5.73 Å². The molecule has 1 heterocycles. The number of aryl methyl sites for hydroxylation is 1. The zero-order valence-corrected chi connectivity index (χ0v) is 12.7. The molecule has 1 aromatic heterocycles. The highest BCUT2D eigenvalue weighted by atomic mass is 19.1. The fourth-order valence-electron chi connectivity index (χ4n) is 3.46. The Morgan fingerprint density at radius 2 is 1.86 bits per heavy atom. The Balaban J connectivity index is 2.19. The van der Waals surface area contributed by atoms with Crippen molar-refractivity contribution in [1.29, 1.82) is 0 Å². The molecule has 1 saturated carbocycles.